The zero-order valence-electron chi connectivity index (χ0n) is 12.7. The Labute approximate surface area is 123 Å². The third kappa shape index (κ3) is 2.78. The smallest absolute Gasteiger partial charge is 0.220 e. The fraction of sp³-hybridized carbons (Fsp3) is 0.933. The molecule has 0 aromatic carbocycles. The summed E-state index contributed by atoms with van der Waals surface area (Å²) < 4.78 is 0. The molecule has 3 unspecified atom stereocenters. The molecule has 4 heteroatoms. The van der Waals surface area contributed by atoms with E-state index in [0.717, 1.165) is 18.9 Å². The molecular formula is C15H29ClN2O. The standard InChI is InChI=1S/C15H28N2O.ClH/c1-14(2)11-7-8-15(14,3)12(10-11)17-13(18)6-5-9-16-4;/h11-12,16H,5-10H2,1-4H3,(H,17,18);1H. The molecule has 0 aromatic rings. The topological polar surface area (TPSA) is 41.1 Å². The van der Waals surface area contributed by atoms with Crippen LogP contribution in [0.4, 0.5) is 0 Å². The van der Waals surface area contributed by atoms with Gasteiger partial charge in [0.15, 0.2) is 0 Å². The van der Waals surface area contributed by atoms with Gasteiger partial charge < -0.3 is 10.6 Å². The van der Waals surface area contributed by atoms with Crippen molar-refractivity contribution in [1.82, 2.24) is 10.6 Å². The van der Waals surface area contributed by atoms with Gasteiger partial charge in [-0.3, -0.25) is 4.79 Å². The summed E-state index contributed by atoms with van der Waals surface area (Å²) >= 11 is 0. The number of hydrogen-bond acceptors (Lipinski definition) is 2. The molecule has 0 heterocycles. The molecule has 0 spiro atoms. The van der Waals surface area contributed by atoms with Crippen molar-refractivity contribution >= 4 is 18.3 Å². The lowest BCUT2D eigenvalue weighted by atomic mass is 9.69. The predicted molar refractivity (Wildman–Crippen MR) is 81.6 cm³/mol. The van der Waals surface area contributed by atoms with Crippen LogP contribution in [0.5, 0.6) is 0 Å². The molecule has 112 valence electrons. The first-order valence-corrected chi connectivity index (χ1v) is 7.36. The van der Waals surface area contributed by atoms with Crippen LogP contribution in [0.2, 0.25) is 0 Å². The van der Waals surface area contributed by atoms with Crippen LogP contribution in [-0.2, 0) is 4.79 Å². The van der Waals surface area contributed by atoms with Gasteiger partial charge in [-0.25, -0.2) is 0 Å². The Morgan fingerprint density at radius 2 is 2.00 bits per heavy atom. The van der Waals surface area contributed by atoms with Crippen molar-refractivity contribution in [2.75, 3.05) is 13.6 Å². The van der Waals surface area contributed by atoms with E-state index >= 15 is 0 Å². The fourth-order valence-corrected chi connectivity index (χ4v) is 4.11. The summed E-state index contributed by atoms with van der Waals surface area (Å²) in [4.78, 5) is 12.0. The van der Waals surface area contributed by atoms with Crippen molar-refractivity contribution in [1.29, 1.82) is 0 Å². The normalized spacial score (nSPS) is 34.9. The maximum Gasteiger partial charge on any atom is 0.220 e. The fourth-order valence-electron chi connectivity index (χ4n) is 4.11. The van der Waals surface area contributed by atoms with Crippen LogP contribution < -0.4 is 10.6 Å². The lowest BCUT2D eigenvalue weighted by Crippen LogP contribution is -2.46. The van der Waals surface area contributed by atoms with E-state index in [4.69, 9.17) is 0 Å². The van der Waals surface area contributed by atoms with E-state index in [1.165, 1.54) is 19.3 Å². The molecule has 0 aromatic heterocycles. The quantitative estimate of drug-likeness (QED) is 0.764. The molecule has 0 radical (unpaired) electrons. The average Bonchev–Trinajstić information content (AvgIpc) is 2.62. The molecule has 2 aliphatic carbocycles. The molecule has 2 bridgehead atoms. The number of rotatable bonds is 5. The Kier molecular flexibility index (Phi) is 5.30. The van der Waals surface area contributed by atoms with Crippen LogP contribution in [0.15, 0.2) is 0 Å². The van der Waals surface area contributed by atoms with E-state index in [9.17, 15) is 4.79 Å². The van der Waals surface area contributed by atoms with Crippen LogP contribution >= 0.6 is 12.4 Å². The van der Waals surface area contributed by atoms with Crippen molar-refractivity contribution in [3.8, 4) is 0 Å². The summed E-state index contributed by atoms with van der Waals surface area (Å²) in [7, 11) is 1.93. The second kappa shape index (κ2) is 6.01. The van der Waals surface area contributed by atoms with E-state index < -0.39 is 0 Å². The molecule has 2 fully saturated rings. The van der Waals surface area contributed by atoms with Gasteiger partial charge in [0.2, 0.25) is 5.91 Å². The minimum Gasteiger partial charge on any atom is -0.353 e. The van der Waals surface area contributed by atoms with Crippen LogP contribution in [0.3, 0.4) is 0 Å². The van der Waals surface area contributed by atoms with E-state index in [2.05, 4.69) is 31.4 Å². The van der Waals surface area contributed by atoms with Crippen molar-refractivity contribution in [2.24, 2.45) is 16.7 Å². The summed E-state index contributed by atoms with van der Waals surface area (Å²) in [6.07, 6.45) is 5.38. The zero-order chi connectivity index (χ0) is 13.4. The third-order valence-corrected chi connectivity index (χ3v) is 5.96. The first-order valence-electron chi connectivity index (χ1n) is 7.36. The Morgan fingerprint density at radius 3 is 2.47 bits per heavy atom. The van der Waals surface area contributed by atoms with Crippen molar-refractivity contribution in [3.05, 3.63) is 0 Å². The van der Waals surface area contributed by atoms with Gasteiger partial charge in [0.1, 0.15) is 0 Å². The van der Waals surface area contributed by atoms with Crippen LogP contribution in [0, 0.1) is 16.7 Å². The lowest BCUT2D eigenvalue weighted by Gasteiger charge is -2.39. The molecule has 3 atom stereocenters. The maximum atomic E-state index is 12.0. The summed E-state index contributed by atoms with van der Waals surface area (Å²) in [5.74, 6) is 1.03. The molecule has 2 saturated carbocycles. The highest BCUT2D eigenvalue weighted by Crippen LogP contribution is 2.65. The number of amides is 1. The molecule has 1 amide bonds. The molecule has 0 saturated heterocycles. The van der Waals surface area contributed by atoms with E-state index in [0.29, 0.717) is 23.3 Å². The molecule has 2 rings (SSSR count). The molecule has 19 heavy (non-hydrogen) atoms. The number of hydrogen-bond donors (Lipinski definition) is 2. The first-order chi connectivity index (χ1) is 8.41. The van der Waals surface area contributed by atoms with E-state index in [1.807, 2.05) is 7.05 Å². The Balaban J connectivity index is 0.00000180. The second-order valence-electron chi connectivity index (χ2n) is 6.94. The largest absolute Gasteiger partial charge is 0.353 e. The highest BCUT2D eigenvalue weighted by atomic mass is 35.5. The maximum absolute atomic E-state index is 12.0. The average molecular weight is 289 g/mol. The van der Waals surface area contributed by atoms with Gasteiger partial charge in [0.05, 0.1) is 0 Å². The van der Waals surface area contributed by atoms with Crippen LogP contribution in [0.1, 0.15) is 52.9 Å². The summed E-state index contributed by atoms with van der Waals surface area (Å²) in [6.45, 7) is 8.07. The molecule has 2 N–H and O–H groups in total. The number of nitrogens with one attached hydrogen (secondary N) is 2. The Morgan fingerprint density at radius 1 is 1.32 bits per heavy atom. The SMILES string of the molecule is CNCCCC(=O)NC1CC2CCC1(C)C2(C)C.Cl. The summed E-state index contributed by atoms with van der Waals surface area (Å²) in [5, 5.41) is 6.38. The number of carbonyl (C=O) groups is 1. The zero-order valence-corrected chi connectivity index (χ0v) is 13.5. The predicted octanol–water partition coefficient (Wildman–Crippen LogP) is 2.74. The van der Waals surface area contributed by atoms with Gasteiger partial charge in [0, 0.05) is 12.5 Å². The molecule has 2 aliphatic rings. The van der Waals surface area contributed by atoms with Crippen molar-refractivity contribution < 1.29 is 4.79 Å². The van der Waals surface area contributed by atoms with E-state index in [-0.39, 0.29) is 18.3 Å². The van der Waals surface area contributed by atoms with Gasteiger partial charge in [-0.2, -0.15) is 0 Å². The van der Waals surface area contributed by atoms with Crippen molar-refractivity contribution in [2.45, 2.75) is 58.9 Å². The van der Waals surface area contributed by atoms with Gasteiger partial charge in [0.25, 0.3) is 0 Å². The first kappa shape index (κ1) is 16.8. The third-order valence-electron chi connectivity index (χ3n) is 5.96. The Bertz CT molecular complexity index is 332. The summed E-state index contributed by atoms with van der Waals surface area (Å²) in [6, 6.07) is 0.397. The Hall–Kier alpha value is -0.280. The van der Waals surface area contributed by atoms with Crippen LogP contribution in [0.25, 0.3) is 0 Å². The number of halogens is 1. The van der Waals surface area contributed by atoms with Gasteiger partial charge in [-0.15, -0.1) is 12.4 Å². The second-order valence-corrected chi connectivity index (χ2v) is 6.94. The minimum absolute atomic E-state index is 0. The monoisotopic (exact) mass is 288 g/mol. The minimum atomic E-state index is 0. The highest BCUT2D eigenvalue weighted by Gasteiger charge is 2.61. The molecule has 3 nitrogen and oxygen atoms in total. The van der Waals surface area contributed by atoms with Gasteiger partial charge >= 0.3 is 0 Å². The van der Waals surface area contributed by atoms with Gasteiger partial charge in [-0.05, 0) is 56.0 Å². The van der Waals surface area contributed by atoms with Crippen LogP contribution in [-0.4, -0.2) is 25.5 Å². The lowest BCUT2D eigenvalue weighted by molar-refractivity contribution is -0.122. The van der Waals surface area contributed by atoms with Gasteiger partial charge in [-0.1, -0.05) is 20.8 Å². The van der Waals surface area contributed by atoms with Crippen molar-refractivity contribution in [3.63, 3.8) is 0 Å². The van der Waals surface area contributed by atoms with E-state index in [1.54, 1.807) is 0 Å². The molecule has 0 aliphatic heterocycles. The summed E-state index contributed by atoms with van der Waals surface area (Å²) in [5.41, 5.74) is 0.687. The molecular weight excluding hydrogens is 260 g/mol. The number of carbonyl (C=O) groups excluding carboxylic acids is 1. The number of fused-ring (bicyclic) bond motifs is 2. The highest BCUT2D eigenvalue weighted by molar-refractivity contribution is 5.85.